The summed E-state index contributed by atoms with van der Waals surface area (Å²) in [5.41, 5.74) is 0.634. The first-order valence-electron chi connectivity index (χ1n) is 7.60. The summed E-state index contributed by atoms with van der Waals surface area (Å²) in [5.74, 6) is 1.39. The number of rotatable bonds is 3. The lowest BCUT2D eigenvalue weighted by atomic mass is 10.1. The van der Waals surface area contributed by atoms with Crippen LogP contribution in [0, 0.1) is 0 Å². The van der Waals surface area contributed by atoms with E-state index < -0.39 is 0 Å². The van der Waals surface area contributed by atoms with Crippen LogP contribution in [0.3, 0.4) is 0 Å². The molecule has 0 amide bonds. The van der Waals surface area contributed by atoms with Crippen molar-refractivity contribution in [3.8, 4) is 11.5 Å². The van der Waals surface area contributed by atoms with Gasteiger partial charge < -0.3 is 26.5 Å². The quantitative estimate of drug-likeness (QED) is 0.462. The van der Waals surface area contributed by atoms with Gasteiger partial charge in [0.05, 0.1) is 0 Å². The Morgan fingerprint density at radius 3 is 2.54 bits per heavy atom. The van der Waals surface area contributed by atoms with E-state index in [2.05, 4.69) is 6.07 Å². The van der Waals surface area contributed by atoms with Crippen LogP contribution < -0.4 is 31.0 Å². The molecule has 0 aliphatic carbocycles. The molecule has 0 spiro atoms. The number of carbonyl (C=O) groups excluding carboxylic acids is 1. The van der Waals surface area contributed by atoms with E-state index in [0.29, 0.717) is 36.8 Å². The average molecular weight is 386 g/mol. The van der Waals surface area contributed by atoms with Crippen molar-refractivity contribution in [3.63, 3.8) is 0 Å². The van der Waals surface area contributed by atoms with E-state index in [4.69, 9.17) is 9.47 Å². The lowest BCUT2D eigenvalue weighted by Crippen LogP contribution is -3.00. The zero-order chi connectivity index (χ0) is 15.6. The molecule has 4 rings (SSSR count). The third-order valence-electron chi connectivity index (χ3n) is 3.94. The molecule has 1 aliphatic heterocycles. The number of ketones is 1. The third-order valence-corrected chi connectivity index (χ3v) is 3.94. The predicted molar refractivity (Wildman–Crippen MR) is 85.9 cm³/mol. The van der Waals surface area contributed by atoms with E-state index in [9.17, 15) is 4.79 Å². The Balaban J connectivity index is 0.00000169. The lowest BCUT2D eigenvalue weighted by molar-refractivity contribution is -0.681. The predicted octanol–water partition coefficient (Wildman–Crippen LogP) is -0.215. The first-order chi connectivity index (χ1) is 11.3. The summed E-state index contributed by atoms with van der Waals surface area (Å²) in [6.07, 6.45) is 3.92. The first kappa shape index (κ1) is 16.5. The molecule has 5 heteroatoms. The van der Waals surface area contributed by atoms with Crippen LogP contribution in [0.4, 0.5) is 0 Å². The van der Waals surface area contributed by atoms with Gasteiger partial charge in [0, 0.05) is 17.0 Å². The van der Waals surface area contributed by atoms with E-state index in [1.54, 1.807) is 18.2 Å². The van der Waals surface area contributed by atoms with E-state index >= 15 is 0 Å². The fraction of sp³-hybridized carbons (Fsp3) is 0.158. The van der Waals surface area contributed by atoms with Crippen molar-refractivity contribution in [1.82, 2.24) is 0 Å². The van der Waals surface area contributed by atoms with Gasteiger partial charge in [-0.1, -0.05) is 18.2 Å². The van der Waals surface area contributed by atoms with Gasteiger partial charge in [0.2, 0.25) is 12.3 Å². The van der Waals surface area contributed by atoms with Crippen molar-refractivity contribution in [1.29, 1.82) is 0 Å². The fourth-order valence-corrected chi connectivity index (χ4v) is 2.75. The van der Waals surface area contributed by atoms with E-state index in [-0.39, 0.29) is 22.8 Å². The molecule has 0 fully saturated rings. The largest absolute Gasteiger partial charge is 1.00 e. The van der Waals surface area contributed by atoms with Gasteiger partial charge in [0.1, 0.15) is 13.2 Å². The van der Waals surface area contributed by atoms with Crippen molar-refractivity contribution in [2.75, 3.05) is 13.2 Å². The van der Waals surface area contributed by atoms with Gasteiger partial charge in [0.15, 0.2) is 23.9 Å². The molecule has 1 aromatic heterocycles. The second kappa shape index (κ2) is 7.01. The van der Waals surface area contributed by atoms with Gasteiger partial charge in [0.25, 0.3) is 0 Å². The second-order valence-electron chi connectivity index (χ2n) is 5.53. The minimum atomic E-state index is 0. The molecule has 2 aromatic carbocycles. The van der Waals surface area contributed by atoms with Crippen LogP contribution in [0.2, 0.25) is 0 Å². The Morgan fingerprint density at radius 2 is 1.71 bits per heavy atom. The molecule has 0 saturated heterocycles. The van der Waals surface area contributed by atoms with Crippen molar-refractivity contribution in [2.24, 2.45) is 0 Å². The normalized spacial score (nSPS) is 12.5. The Hall–Kier alpha value is -2.40. The summed E-state index contributed by atoms with van der Waals surface area (Å²) in [6.45, 7) is 1.36. The fourth-order valence-electron chi connectivity index (χ4n) is 2.75. The minimum Gasteiger partial charge on any atom is -1.00 e. The highest BCUT2D eigenvalue weighted by atomic mass is 79.9. The molecular formula is C19H16BrNO3. The van der Waals surface area contributed by atoms with Crippen molar-refractivity contribution in [3.05, 3.63) is 66.5 Å². The summed E-state index contributed by atoms with van der Waals surface area (Å²) in [6, 6.07) is 15.5. The maximum atomic E-state index is 12.5. The Labute approximate surface area is 150 Å². The Kier molecular flexibility index (Phi) is 4.81. The number of Topliss-reactive ketones (excluding diaryl/α,β-unsaturated/α-hetero) is 1. The van der Waals surface area contributed by atoms with Gasteiger partial charge in [-0.3, -0.25) is 4.79 Å². The molecule has 122 valence electrons. The number of hydrogen-bond donors (Lipinski definition) is 0. The maximum Gasteiger partial charge on any atom is 0.227 e. The van der Waals surface area contributed by atoms with Crippen molar-refractivity contribution >= 4 is 16.6 Å². The summed E-state index contributed by atoms with van der Waals surface area (Å²) in [4.78, 5) is 12.5. The van der Waals surface area contributed by atoms with Crippen molar-refractivity contribution in [2.45, 2.75) is 6.54 Å². The van der Waals surface area contributed by atoms with Gasteiger partial charge in [-0.2, -0.15) is 4.57 Å². The van der Waals surface area contributed by atoms with Crippen molar-refractivity contribution < 1.29 is 35.8 Å². The number of hydrogen-bond acceptors (Lipinski definition) is 3. The van der Waals surface area contributed by atoms with Crippen LogP contribution in [-0.2, 0) is 6.54 Å². The highest BCUT2D eigenvalue weighted by molar-refractivity contribution is 5.95. The molecule has 1 aliphatic rings. The lowest BCUT2D eigenvalue weighted by Gasteiger charge is -2.18. The molecule has 0 unspecified atom stereocenters. The number of ether oxygens (including phenoxy) is 2. The average Bonchev–Trinajstić information content (AvgIpc) is 2.61. The summed E-state index contributed by atoms with van der Waals surface area (Å²) < 4.78 is 12.9. The molecule has 3 aromatic rings. The third kappa shape index (κ3) is 3.26. The van der Waals surface area contributed by atoms with E-state index in [1.165, 1.54) is 0 Å². The molecule has 4 nitrogen and oxygen atoms in total. The summed E-state index contributed by atoms with van der Waals surface area (Å²) in [5, 5.41) is 2.28. The molecule has 0 radical (unpaired) electrons. The SMILES string of the molecule is O=C(C[n+]1ccc2ccccc2c1)c1ccc2c(c1)OCCO2.[Br-]. The molecule has 0 N–H and O–H groups in total. The number of pyridine rings is 1. The van der Waals surface area contributed by atoms with Gasteiger partial charge in [-0.25, -0.2) is 0 Å². The number of benzene rings is 2. The Morgan fingerprint density at radius 1 is 0.958 bits per heavy atom. The second-order valence-corrected chi connectivity index (χ2v) is 5.53. The van der Waals surface area contributed by atoms with Crippen LogP contribution in [0.15, 0.2) is 60.9 Å². The molecule has 0 bridgehead atoms. The molecule has 0 atom stereocenters. The maximum absolute atomic E-state index is 12.5. The monoisotopic (exact) mass is 385 g/mol. The van der Waals surface area contributed by atoms with Crippen LogP contribution in [-0.4, -0.2) is 19.0 Å². The number of nitrogens with zero attached hydrogens (tertiary/aromatic N) is 1. The summed E-state index contributed by atoms with van der Waals surface area (Å²) >= 11 is 0. The summed E-state index contributed by atoms with van der Waals surface area (Å²) in [7, 11) is 0. The topological polar surface area (TPSA) is 39.4 Å². The van der Waals surface area contributed by atoms with Crippen LogP contribution in [0.25, 0.3) is 10.8 Å². The van der Waals surface area contributed by atoms with Crippen LogP contribution >= 0.6 is 0 Å². The molecular weight excluding hydrogens is 370 g/mol. The zero-order valence-electron chi connectivity index (χ0n) is 12.9. The standard InChI is InChI=1S/C19H16NO3.BrH/c21-17(15-5-6-18-19(11-15)23-10-9-22-18)13-20-8-7-14-3-1-2-4-16(14)12-20;/h1-8,11-12H,9-10,13H2;1H/q+1;/p-1. The molecule has 2 heterocycles. The van der Waals surface area contributed by atoms with Gasteiger partial charge >= 0.3 is 0 Å². The van der Waals surface area contributed by atoms with E-state index in [1.807, 2.05) is 41.2 Å². The number of carbonyl (C=O) groups is 1. The van der Waals surface area contributed by atoms with Crippen LogP contribution in [0.1, 0.15) is 10.4 Å². The van der Waals surface area contributed by atoms with Crippen LogP contribution in [0.5, 0.6) is 11.5 Å². The first-order valence-corrected chi connectivity index (χ1v) is 7.60. The number of aromatic nitrogens is 1. The smallest absolute Gasteiger partial charge is 0.227 e. The highest BCUT2D eigenvalue weighted by Gasteiger charge is 2.17. The molecule has 24 heavy (non-hydrogen) atoms. The zero-order valence-corrected chi connectivity index (χ0v) is 14.5. The Bertz CT molecular complexity index is 895. The molecule has 0 saturated carbocycles. The number of fused-ring (bicyclic) bond motifs is 2. The van der Waals surface area contributed by atoms with Gasteiger partial charge in [-0.05, 0) is 29.7 Å². The highest BCUT2D eigenvalue weighted by Crippen LogP contribution is 2.30. The van der Waals surface area contributed by atoms with E-state index in [0.717, 1.165) is 10.8 Å². The number of halogens is 1. The minimum absolute atomic E-state index is 0. The van der Waals surface area contributed by atoms with Gasteiger partial charge in [-0.15, -0.1) is 0 Å².